The van der Waals surface area contributed by atoms with Crippen LogP contribution in [0.2, 0.25) is 0 Å². The standard InChI is InChI=1S/C33H37F2N3O3/c1-22-20-37(27-12-14-36(15-13-27)33(39)28-4-3-5-29(34)32(28)35)16-17-38(22)23(2)26-9-6-24(7-10-26)18-25-8-11-30-31(19-25)41-21-40-30/h3-11,19,22-23,27H,12-18,20-21H2,1-2H3/t22-,23+/m1/s1. The second kappa shape index (κ2) is 11.8. The fraction of sp³-hybridized carbons (Fsp3) is 0.424. The third kappa shape index (κ3) is 5.81. The van der Waals surface area contributed by atoms with E-state index in [-0.39, 0.29) is 5.56 Å². The molecule has 0 aliphatic carbocycles. The molecule has 3 aromatic carbocycles. The van der Waals surface area contributed by atoms with Gasteiger partial charge in [0.15, 0.2) is 23.1 Å². The van der Waals surface area contributed by atoms with Gasteiger partial charge in [-0.25, -0.2) is 8.78 Å². The first-order valence-corrected chi connectivity index (χ1v) is 14.6. The summed E-state index contributed by atoms with van der Waals surface area (Å²) in [7, 11) is 0. The van der Waals surface area contributed by atoms with E-state index < -0.39 is 17.5 Å². The molecule has 0 N–H and O–H groups in total. The van der Waals surface area contributed by atoms with Gasteiger partial charge >= 0.3 is 0 Å². The number of ether oxygens (including phenoxy) is 2. The van der Waals surface area contributed by atoms with Crippen molar-refractivity contribution in [3.05, 3.63) is 94.6 Å². The molecule has 3 aromatic rings. The van der Waals surface area contributed by atoms with Crippen LogP contribution in [-0.2, 0) is 6.42 Å². The van der Waals surface area contributed by atoms with Crippen molar-refractivity contribution in [2.45, 2.75) is 51.2 Å². The number of nitrogens with zero attached hydrogens (tertiary/aromatic N) is 3. The Labute approximate surface area is 240 Å². The lowest BCUT2D eigenvalue weighted by atomic mass is 9.97. The Kier molecular flexibility index (Phi) is 7.95. The van der Waals surface area contributed by atoms with Gasteiger partial charge < -0.3 is 14.4 Å². The zero-order chi connectivity index (χ0) is 28.5. The number of rotatable bonds is 6. The fourth-order valence-electron chi connectivity index (χ4n) is 6.57. The van der Waals surface area contributed by atoms with Gasteiger partial charge in [-0.15, -0.1) is 0 Å². The number of halogens is 2. The number of hydrogen-bond acceptors (Lipinski definition) is 5. The van der Waals surface area contributed by atoms with Crippen LogP contribution in [0, 0.1) is 11.6 Å². The van der Waals surface area contributed by atoms with Gasteiger partial charge in [0.2, 0.25) is 6.79 Å². The number of carbonyl (C=O) groups is 1. The van der Waals surface area contributed by atoms with Crippen molar-refractivity contribution in [1.82, 2.24) is 14.7 Å². The molecule has 0 bridgehead atoms. The lowest BCUT2D eigenvalue weighted by molar-refractivity contribution is 0.0134. The van der Waals surface area contributed by atoms with Gasteiger partial charge in [0, 0.05) is 50.8 Å². The number of likely N-dealkylation sites (tertiary alicyclic amines) is 1. The molecule has 0 aromatic heterocycles. The van der Waals surface area contributed by atoms with Crippen LogP contribution in [0.3, 0.4) is 0 Å². The number of piperazine rings is 1. The molecular formula is C33H37F2N3O3. The van der Waals surface area contributed by atoms with E-state index in [9.17, 15) is 13.6 Å². The molecule has 2 fully saturated rings. The van der Waals surface area contributed by atoms with Crippen molar-refractivity contribution in [3.8, 4) is 11.5 Å². The highest BCUT2D eigenvalue weighted by atomic mass is 19.2. The van der Waals surface area contributed by atoms with E-state index in [1.165, 1.54) is 28.8 Å². The molecule has 2 atom stereocenters. The fourth-order valence-corrected chi connectivity index (χ4v) is 6.57. The van der Waals surface area contributed by atoms with Crippen LogP contribution in [0.1, 0.15) is 59.8 Å². The highest BCUT2D eigenvalue weighted by Crippen LogP contribution is 2.33. The molecular weight excluding hydrogens is 524 g/mol. The topological polar surface area (TPSA) is 45.2 Å². The Balaban J connectivity index is 1.01. The molecule has 0 saturated carbocycles. The first-order valence-electron chi connectivity index (χ1n) is 14.6. The summed E-state index contributed by atoms with van der Waals surface area (Å²) < 4.78 is 38.7. The summed E-state index contributed by atoms with van der Waals surface area (Å²) in [5, 5.41) is 0. The Hall–Kier alpha value is -3.49. The Morgan fingerprint density at radius 2 is 1.66 bits per heavy atom. The van der Waals surface area contributed by atoms with Gasteiger partial charge in [0.05, 0.1) is 5.56 Å². The number of fused-ring (bicyclic) bond motifs is 1. The highest BCUT2D eigenvalue weighted by Gasteiger charge is 2.34. The Morgan fingerprint density at radius 3 is 2.41 bits per heavy atom. The summed E-state index contributed by atoms with van der Waals surface area (Å²) in [6, 6.07) is 20.0. The van der Waals surface area contributed by atoms with E-state index in [4.69, 9.17) is 9.47 Å². The van der Waals surface area contributed by atoms with Crippen LogP contribution in [0.4, 0.5) is 8.78 Å². The van der Waals surface area contributed by atoms with Gasteiger partial charge in [-0.05, 0) is 74.1 Å². The summed E-state index contributed by atoms with van der Waals surface area (Å²) in [5.74, 6) is -0.833. The molecule has 2 saturated heterocycles. The van der Waals surface area contributed by atoms with Crippen molar-refractivity contribution in [3.63, 3.8) is 0 Å². The zero-order valence-corrected chi connectivity index (χ0v) is 23.7. The van der Waals surface area contributed by atoms with E-state index in [1.54, 1.807) is 4.90 Å². The van der Waals surface area contributed by atoms with Gasteiger partial charge in [-0.3, -0.25) is 14.6 Å². The van der Waals surface area contributed by atoms with E-state index in [1.807, 2.05) is 6.07 Å². The minimum absolute atomic E-state index is 0.180. The molecule has 216 valence electrons. The molecule has 3 aliphatic heterocycles. The molecule has 3 aliphatic rings. The maximum Gasteiger partial charge on any atom is 0.256 e. The summed E-state index contributed by atoms with van der Waals surface area (Å²) in [4.78, 5) is 19.6. The highest BCUT2D eigenvalue weighted by molar-refractivity contribution is 5.94. The predicted molar refractivity (Wildman–Crippen MR) is 153 cm³/mol. The molecule has 8 heteroatoms. The minimum atomic E-state index is -1.06. The van der Waals surface area contributed by atoms with Crippen molar-refractivity contribution in [1.29, 1.82) is 0 Å². The van der Waals surface area contributed by atoms with Crippen LogP contribution in [0.5, 0.6) is 11.5 Å². The molecule has 0 spiro atoms. The smallest absolute Gasteiger partial charge is 0.256 e. The number of benzene rings is 3. The number of hydrogen-bond donors (Lipinski definition) is 0. The average molecular weight is 562 g/mol. The van der Waals surface area contributed by atoms with Crippen molar-refractivity contribution in [2.75, 3.05) is 39.5 Å². The van der Waals surface area contributed by atoms with Crippen molar-refractivity contribution >= 4 is 5.91 Å². The maximum atomic E-state index is 14.1. The van der Waals surface area contributed by atoms with Gasteiger partial charge in [0.1, 0.15) is 0 Å². The number of piperidine rings is 1. The predicted octanol–water partition coefficient (Wildman–Crippen LogP) is 5.66. The molecule has 6 rings (SSSR count). The van der Waals surface area contributed by atoms with E-state index in [0.29, 0.717) is 38.0 Å². The largest absolute Gasteiger partial charge is 0.454 e. The molecule has 1 amide bonds. The van der Waals surface area contributed by atoms with Crippen molar-refractivity contribution < 1.29 is 23.0 Å². The third-order valence-electron chi connectivity index (χ3n) is 8.97. The average Bonchev–Trinajstić information content (AvgIpc) is 3.46. The van der Waals surface area contributed by atoms with Crippen LogP contribution in [-0.4, -0.2) is 72.2 Å². The van der Waals surface area contributed by atoms with E-state index in [2.05, 4.69) is 60.0 Å². The lowest BCUT2D eigenvalue weighted by Crippen LogP contribution is -2.57. The first-order chi connectivity index (χ1) is 19.9. The molecule has 3 heterocycles. The number of carbonyl (C=O) groups excluding carboxylic acids is 1. The first kappa shape index (κ1) is 27.7. The van der Waals surface area contributed by atoms with Crippen LogP contribution < -0.4 is 9.47 Å². The maximum absolute atomic E-state index is 14.1. The zero-order valence-electron chi connectivity index (χ0n) is 23.7. The van der Waals surface area contributed by atoms with Gasteiger partial charge in [0.25, 0.3) is 5.91 Å². The van der Waals surface area contributed by atoms with Gasteiger partial charge in [-0.1, -0.05) is 36.4 Å². The molecule has 0 unspecified atom stereocenters. The summed E-state index contributed by atoms with van der Waals surface area (Å²) in [5.41, 5.74) is 3.61. The molecule has 0 radical (unpaired) electrons. The summed E-state index contributed by atoms with van der Waals surface area (Å²) >= 11 is 0. The van der Waals surface area contributed by atoms with Crippen molar-refractivity contribution in [2.24, 2.45) is 0 Å². The van der Waals surface area contributed by atoms with Crippen LogP contribution in [0.15, 0.2) is 60.7 Å². The normalized spacial score (nSPS) is 20.8. The summed E-state index contributed by atoms with van der Waals surface area (Å²) in [6.45, 7) is 8.92. The third-order valence-corrected chi connectivity index (χ3v) is 8.97. The Morgan fingerprint density at radius 1 is 0.927 bits per heavy atom. The van der Waals surface area contributed by atoms with E-state index >= 15 is 0 Å². The SMILES string of the molecule is C[C@@H]1CN(C2CCN(C(=O)c3cccc(F)c3F)CC2)CCN1[C@@H](C)c1ccc(Cc2ccc3c(c2)OCO3)cc1. The van der Waals surface area contributed by atoms with Crippen LogP contribution in [0.25, 0.3) is 0 Å². The minimum Gasteiger partial charge on any atom is -0.454 e. The molecule has 41 heavy (non-hydrogen) atoms. The lowest BCUT2D eigenvalue weighted by Gasteiger charge is -2.47. The van der Waals surface area contributed by atoms with E-state index in [0.717, 1.165) is 56.5 Å². The Bertz CT molecular complexity index is 1390. The van der Waals surface area contributed by atoms with Crippen LogP contribution >= 0.6 is 0 Å². The van der Waals surface area contributed by atoms with Gasteiger partial charge in [-0.2, -0.15) is 0 Å². The second-order valence-electron chi connectivity index (χ2n) is 11.5. The quantitative estimate of drug-likeness (QED) is 0.389. The number of amides is 1. The second-order valence-corrected chi connectivity index (χ2v) is 11.5. The molecule has 6 nitrogen and oxygen atoms in total. The monoisotopic (exact) mass is 561 g/mol. The summed E-state index contributed by atoms with van der Waals surface area (Å²) in [6.07, 6.45) is 2.54.